The number of aliphatic carboxylic acids is 1. The topological polar surface area (TPSA) is 83.5 Å². The SMILES string of the molecule is CS(=O)Cc1cccc(C(=O)NC(CCC(=O)O)CC2CCCCC2)c1. The molecule has 1 aromatic carbocycles. The maximum Gasteiger partial charge on any atom is 0.303 e. The van der Waals surface area contributed by atoms with Crippen molar-refractivity contribution in [2.24, 2.45) is 5.92 Å². The Labute approximate surface area is 158 Å². The van der Waals surface area contributed by atoms with Gasteiger partial charge in [0.2, 0.25) is 0 Å². The van der Waals surface area contributed by atoms with E-state index in [1.165, 1.54) is 19.3 Å². The smallest absolute Gasteiger partial charge is 0.303 e. The molecule has 0 spiro atoms. The summed E-state index contributed by atoms with van der Waals surface area (Å²) < 4.78 is 11.4. The van der Waals surface area contributed by atoms with Crippen LogP contribution in [0.5, 0.6) is 0 Å². The zero-order chi connectivity index (χ0) is 18.9. The molecule has 2 rings (SSSR count). The molecule has 2 atom stereocenters. The van der Waals surface area contributed by atoms with Crippen LogP contribution in [0.1, 0.15) is 67.3 Å². The molecule has 144 valence electrons. The Morgan fingerprint density at radius 1 is 1.27 bits per heavy atom. The predicted octanol–water partition coefficient (Wildman–Crippen LogP) is 3.50. The average molecular weight is 380 g/mol. The van der Waals surface area contributed by atoms with Crippen LogP contribution >= 0.6 is 0 Å². The maximum atomic E-state index is 12.6. The number of hydrogen-bond donors (Lipinski definition) is 2. The standard InChI is InChI=1S/C20H29NO4S/c1-26(25)14-16-8-5-9-17(12-16)20(24)21-18(10-11-19(22)23)13-15-6-3-2-4-7-15/h5,8-9,12,15,18H,2-4,6-7,10-11,13-14H2,1H3,(H,21,24)(H,22,23). The van der Waals surface area contributed by atoms with E-state index in [1.807, 2.05) is 6.07 Å². The van der Waals surface area contributed by atoms with Gasteiger partial charge >= 0.3 is 5.97 Å². The number of rotatable bonds is 9. The summed E-state index contributed by atoms with van der Waals surface area (Å²) >= 11 is 0. The molecule has 1 saturated carbocycles. The molecule has 1 aliphatic rings. The Morgan fingerprint density at radius 2 is 2.00 bits per heavy atom. The van der Waals surface area contributed by atoms with Crippen molar-refractivity contribution in [1.82, 2.24) is 5.32 Å². The monoisotopic (exact) mass is 379 g/mol. The molecular formula is C20H29NO4S. The van der Waals surface area contributed by atoms with Gasteiger partial charge in [0.05, 0.1) is 0 Å². The minimum absolute atomic E-state index is 0.0620. The molecule has 1 aromatic rings. The van der Waals surface area contributed by atoms with Crippen LogP contribution in [0.25, 0.3) is 0 Å². The zero-order valence-corrected chi connectivity index (χ0v) is 16.2. The van der Waals surface area contributed by atoms with Crippen molar-refractivity contribution in [2.45, 2.75) is 63.2 Å². The summed E-state index contributed by atoms with van der Waals surface area (Å²) in [5.41, 5.74) is 1.41. The molecule has 0 radical (unpaired) electrons. The molecule has 1 amide bonds. The molecule has 2 unspecified atom stereocenters. The lowest BCUT2D eigenvalue weighted by atomic mass is 9.84. The fourth-order valence-corrected chi connectivity index (χ4v) is 4.33. The van der Waals surface area contributed by atoms with Crippen molar-refractivity contribution in [1.29, 1.82) is 0 Å². The second kappa shape index (κ2) is 10.5. The molecule has 0 bridgehead atoms. The number of amides is 1. The van der Waals surface area contributed by atoms with Gasteiger partial charge in [-0.25, -0.2) is 0 Å². The summed E-state index contributed by atoms with van der Waals surface area (Å²) in [5.74, 6) is -0.0250. The van der Waals surface area contributed by atoms with E-state index in [-0.39, 0.29) is 18.4 Å². The van der Waals surface area contributed by atoms with Gasteiger partial charge in [-0.15, -0.1) is 0 Å². The third-order valence-electron chi connectivity index (χ3n) is 4.94. The zero-order valence-electron chi connectivity index (χ0n) is 15.4. The number of carbonyl (C=O) groups is 2. The molecule has 2 N–H and O–H groups in total. The summed E-state index contributed by atoms with van der Waals surface area (Å²) in [7, 11) is -0.959. The predicted molar refractivity (Wildman–Crippen MR) is 104 cm³/mol. The normalized spacial score (nSPS) is 17.4. The van der Waals surface area contributed by atoms with Gasteiger partial charge in [-0.1, -0.05) is 44.2 Å². The van der Waals surface area contributed by atoms with Crippen molar-refractivity contribution in [3.8, 4) is 0 Å². The molecule has 6 heteroatoms. The van der Waals surface area contributed by atoms with Gasteiger partial charge in [0, 0.05) is 40.8 Å². The highest BCUT2D eigenvalue weighted by Gasteiger charge is 2.21. The van der Waals surface area contributed by atoms with Crippen LogP contribution in [-0.4, -0.2) is 33.5 Å². The van der Waals surface area contributed by atoms with Crippen molar-refractivity contribution < 1.29 is 18.9 Å². The van der Waals surface area contributed by atoms with E-state index < -0.39 is 16.8 Å². The van der Waals surface area contributed by atoms with Crippen molar-refractivity contribution >= 4 is 22.7 Å². The van der Waals surface area contributed by atoms with E-state index in [0.29, 0.717) is 23.7 Å². The molecule has 1 aliphatic carbocycles. The van der Waals surface area contributed by atoms with Crippen LogP contribution in [0, 0.1) is 5.92 Å². The Hall–Kier alpha value is -1.69. The van der Waals surface area contributed by atoms with Gasteiger partial charge in [-0.05, 0) is 36.5 Å². The molecule has 0 saturated heterocycles. The summed E-state index contributed by atoms with van der Waals surface area (Å²) in [6.07, 6.45) is 9.04. The van der Waals surface area contributed by atoms with E-state index in [4.69, 9.17) is 5.11 Å². The number of nitrogens with one attached hydrogen (secondary N) is 1. The summed E-state index contributed by atoms with van der Waals surface area (Å²) in [5, 5.41) is 12.0. The second-order valence-corrected chi connectivity index (χ2v) is 8.70. The third-order valence-corrected chi connectivity index (χ3v) is 5.68. The van der Waals surface area contributed by atoms with Crippen LogP contribution in [0.2, 0.25) is 0 Å². The van der Waals surface area contributed by atoms with E-state index in [2.05, 4.69) is 5.32 Å². The Bertz CT molecular complexity index is 640. The summed E-state index contributed by atoms with van der Waals surface area (Å²) in [6, 6.07) is 7.05. The quantitative estimate of drug-likeness (QED) is 0.688. The summed E-state index contributed by atoms with van der Waals surface area (Å²) in [4.78, 5) is 23.6. The van der Waals surface area contributed by atoms with E-state index >= 15 is 0 Å². The largest absolute Gasteiger partial charge is 0.481 e. The van der Waals surface area contributed by atoms with Gasteiger partial charge in [-0.2, -0.15) is 0 Å². The van der Waals surface area contributed by atoms with Gasteiger partial charge in [0.15, 0.2) is 0 Å². The van der Waals surface area contributed by atoms with Crippen LogP contribution in [-0.2, 0) is 21.3 Å². The number of carboxylic acids is 1. The molecule has 0 heterocycles. The molecule has 0 aromatic heterocycles. The summed E-state index contributed by atoms with van der Waals surface area (Å²) in [6.45, 7) is 0. The van der Waals surface area contributed by atoms with Crippen LogP contribution in [0.3, 0.4) is 0 Å². The highest BCUT2D eigenvalue weighted by molar-refractivity contribution is 7.83. The van der Waals surface area contributed by atoms with Crippen molar-refractivity contribution in [2.75, 3.05) is 6.26 Å². The number of carboxylic acid groups (broad SMARTS) is 1. The molecule has 5 nitrogen and oxygen atoms in total. The second-order valence-electron chi connectivity index (χ2n) is 7.26. The fourth-order valence-electron chi connectivity index (χ4n) is 3.68. The fraction of sp³-hybridized carbons (Fsp3) is 0.600. The Morgan fingerprint density at radius 3 is 2.65 bits per heavy atom. The molecule has 1 fully saturated rings. The minimum Gasteiger partial charge on any atom is -0.481 e. The first-order valence-corrected chi connectivity index (χ1v) is 11.1. The molecule has 26 heavy (non-hydrogen) atoms. The Kier molecular flexibility index (Phi) is 8.29. The highest BCUT2D eigenvalue weighted by Crippen LogP contribution is 2.28. The van der Waals surface area contributed by atoms with Crippen LogP contribution in [0.15, 0.2) is 24.3 Å². The van der Waals surface area contributed by atoms with E-state index in [1.54, 1.807) is 24.5 Å². The number of hydrogen-bond acceptors (Lipinski definition) is 3. The maximum absolute atomic E-state index is 12.6. The number of benzene rings is 1. The Balaban J connectivity index is 2.01. The van der Waals surface area contributed by atoms with Crippen LogP contribution < -0.4 is 5.32 Å². The minimum atomic E-state index is -0.959. The molecule has 0 aliphatic heterocycles. The van der Waals surface area contributed by atoms with Gasteiger partial charge in [0.1, 0.15) is 0 Å². The van der Waals surface area contributed by atoms with E-state index in [9.17, 15) is 13.8 Å². The first-order valence-electron chi connectivity index (χ1n) is 9.35. The van der Waals surface area contributed by atoms with Gasteiger partial charge < -0.3 is 10.4 Å². The first kappa shape index (κ1) is 20.6. The number of carbonyl (C=O) groups excluding carboxylic acids is 1. The van der Waals surface area contributed by atoms with Crippen LogP contribution in [0.4, 0.5) is 0 Å². The molecular weight excluding hydrogens is 350 g/mol. The lowest BCUT2D eigenvalue weighted by molar-refractivity contribution is -0.137. The van der Waals surface area contributed by atoms with Crippen molar-refractivity contribution in [3.63, 3.8) is 0 Å². The lowest BCUT2D eigenvalue weighted by Crippen LogP contribution is -2.37. The van der Waals surface area contributed by atoms with Gasteiger partial charge in [-0.3, -0.25) is 13.8 Å². The highest BCUT2D eigenvalue weighted by atomic mass is 32.2. The average Bonchev–Trinajstić information content (AvgIpc) is 2.60. The first-order chi connectivity index (χ1) is 12.4. The van der Waals surface area contributed by atoms with Gasteiger partial charge in [0.25, 0.3) is 5.91 Å². The van der Waals surface area contributed by atoms with E-state index in [0.717, 1.165) is 24.8 Å². The lowest BCUT2D eigenvalue weighted by Gasteiger charge is -2.27. The van der Waals surface area contributed by atoms with Crippen molar-refractivity contribution in [3.05, 3.63) is 35.4 Å². The third kappa shape index (κ3) is 7.28.